The maximum Gasteiger partial charge on any atom is 0.0802 e. The zero-order valence-corrected chi connectivity index (χ0v) is 14.3. The number of aliphatic hydroxyl groups is 1. The van der Waals surface area contributed by atoms with Gasteiger partial charge in [-0.15, -0.1) is 12.4 Å². The quantitative estimate of drug-likeness (QED) is 0.859. The molecule has 1 atom stereocenters. The van der Waals surface area contributed by atoms with Crippen molar-refractivity contribution in [2.75, 3.05) is 19.6 Å². The third-order valence-corrected chi connectivity index (χ3v) is 4.55. The molecule has 0 bridgehead atoms. The summed E-state index contributed by atoms with van der Waals surface area (Å²) in [7, 11) is 0. The molecule has 1 saturated heterocycles. The summed E-state index contributed by atoms with van der Waals surface area (Å²) in [5.74, 6) is 0. The van der Waals surface area contributed by atoms with Gasteiger partial charge in [-0.3, -0.25) is 0 Å². The molecule has 2 aromatic rings. The molecule has 0 saturated carbocycles. The van der Waals surface area contributed by atoms with E-state index < -0.39 is 0 Å². The summed E-state index contributed by atoms with van der Waals surface area (Å²) in [6, 6.07) is 18.7. The van der Waals surface area contributed by atoms with Crippen LogP contribution in [-0.4, -0.2) is 29.6 Å². The molecule has 0 aromatic heterocycles. The molecule has 124 valence electrons. The minimum Gasteiger partial charge on any atom is -0.388 e. The Morgan fingerprint density at radius 3 is 2.30 bits per heavy atom. The lowest BCUT2D eigenvalue weighted by Gasteiger charge is -2.27. The predicted octanol–water partition coefficient (Wildman–Crippen LogP) is 4.68. The van der Waals surface area contributed by atoms with Gasteiger partial charge >= 0.3 is 0 Å². The van der Waals surface area contributed by atoms with Gasteiger partial charge in [0, 0.05) is 6.54 Å². The van der Waals surface area contributed by atoms with Gasteiger partial charge in [-0.05, 0) is 55.1 Å². The van der Waals surface area contributed by atoms with E-state index in [1.54, 1.807) is 0 Å². The van der Waals surface area contributed by atoms with Crippen LogP contribution in [0.2, 0.25) is 0 Å². The van der Waals surface area contributed by atoms with E-state index in [0.29, 0.717) is 0 Å². The van der Waals surface area contributed by atoms with Crippen molar-refractivity contribution in [2.24, 2.45) is 0 Å². The van der Waals surface area contributed by atoms with E-state index >= 15 is 0 Å². The monoisotopic (exact) mass is 331 g/mol. The van der Waals surface area contributed by atoms with Gasteiger partial charge in [-0.25, -0.2) is 0 Å². The molecule has 3 heteroatoms. The summed E-state index contributed by atoms with van der Waals surface area (Å²) in [6.45, 7) is 3.38. The first-order valence-corrected chi connectivity index (χ1v) is 8.39. The summed E-state index contributed by atoms with van der Waals surface area (Å²) in [5, 5.41) is 10.5. The van der Waals surface area contributed by atoms with Crippen LogP contribution >= 0.6 is 12.4 Å². The minimum absolute atomic E-state index is 0. The van der Waals surface area contributed by atoms with Gasteiger partial charge < -0.3 is 10.0 Å². The fourth-order valence-electron chi connectivity index (χ4n) is 3.21. The Labute approximate surface area is 145 Å². The predicted molar refractivity (Wildman–Crippen MR) is 99.0 cm³/mol. The summed E-state index contributed by atoms with van der Waals surface area (Å²) in [4.78, 5) is 2.48. The summed E-state index contributed by atoms with van der Waals surface area (Å²) in [5.41, 5.74) is 3.40. The van der Waals surface area contributed by atoms with Crippen LogP contribution in [0, 0.1) is 0 Å². The van der Waals surface area contributed by atoms with Gasteiger partial charge in [0.1, 0.15) is 0 Å². The lowest BCUT2D eigenvalue weighted by atomic mass is 9.99. The topological polar surface area (TPSA) is 23.5 Å². The SMILES string of the molecule is Cl.OC(CCN1CCCCC1)c1cccc(-c2ccccc2)c1. The molecule has 1 N–H and O–H groups in total. The molecule has 0 radical (unpaired) electrons. The van der Waals surface area contributed by atoms with Crippen molar-refractivity contribution in [1.29, 1.82) is 0 Å². The molecule has 0 amide bonds. The summed E-state index contributed by atoms with van der Waals surface area (Å²) < 4.78 is 0. The van der Waals surface area contributed by atoms with Crippen molar-refractivity contribution in [3.05, 3.63) is 60.2 Å². The smallest absolute Gasteiger partial charge is 0.0802 e. The van der Waals surface area contributed by atoms with Crippen molar-refractivity contribution in [2.45, 2.75) is 31.8 Å². The fraction of sp³-hybridized carbons (Fsp3) is 0.400. The average Bonchev–Trinajstić information content (AvgIpc) is 2.61. The number of likely N-dealkylation sites (tertiary alicyclic amines) is 1. The second-order valence-corrected chi connectivity index (χ2v) is 6.20. The first kappa shape index (κ1) is 18.0. The van der Waals surface area contributed by atoms with E-state index in [-0.39, 0.29) is 18.5 Å². The van der Waals surface area contributed by atoms with Gasteiger partial charge in [-0.2, -0.15) is 0 Å². The molecule has 0 spiro atoms. The standard InChI is InChI=1S/C20H25NO.ClH/c22-20(12-15-21-13-5-2-6-14-21)19-11-7-10-18(16-19)17-8-3-1-4-9-17;/h1,3-4,7-11,16,20,22H,2,5-6,12-15H2;1H. The molecule has 2 aromatic carbocycles. The molecule has 3 rings (SSSR count). The zero-order chi connectivity index (χ0) is 15.2. The second kappa shape index (κ2) is 9.07. The van der Waals surface area contributed by atoms with Crippen LogP contribution in [0.1, 0.15) is 37.4 Å². The summed E-state index contributed by atoms with van der Waals surface area (Å²) >= 11 is 0. The Morgan fingerprint density at radius 1 is 0.870 bits per heavy atom. The maximum absolute atomic E-state index is 10.5. The van der Waals surface area contributed by atoms with E-state index in [9.17, 15) is 5.11 Å². The van der Waals surface area contributed by atoms with Crippen molar-refractivity contribution in [3.8, 4) is 11.1 Å². The van der Waals surface area contributed by atoms with Crippen LogP contribution in [0.15, 0.2) is 54.6 Å². The van der Waals surface area contributed by atoms with Crippen molar-refractivity contribution in [1.82, 2.24) is 4.90 Å². The largest absolute Gasteiger partial charge is 0.388 e. The normalized spacial score (nSPS) is 16.6. The number of nitrogens with zero attached hydrogens (tertiary/aromatic N) is 1. The second-order valence-electron chi connectivity index (χ2n) is 6.20. The number of rotatable bonds is 5. The molecule has 1 heterocycles. The van der Waals surface area contributed by atoms with Crippen LogP contribution in [0.5, 0.6) is 0 Å². The highest BCUT2D eigenvalue weighted by Crippen LogP contribution is 2.25. The first-order valence-electron chi connectivity index (χ1n) is 8.39. The van der Waals surface area contributed by atoms with E-state index in [1.165, 1.54) is 43.5 Å². The molecular formula is C20H26ClNO. The molecule has 0 aliphatic carbocycles. The van der Waals surface area contributed by atoms with Gasteiger partial charge in [0.15, 0.2) is 0 Å². The molecular weight excluding hydrogens is 306 g/mol. The Hall–Kier alpha value is -1.35. The molecule has 2 nitrogen and oxygen atoms in total. The Kier molecular flexibility index (Phi) is 7.10. The van der Waals surface area contributed by atoms with Gasteiger partial charge in [0.2, 0.25) is 0 Å². The van der Waals surface area contributed by atoms with Crippen LogP contribution in [-0.2, 0) is 0 Å². The lowest BCUT2D eigenvalue weighted by molar-refractivity contribution is 0.134. The third kappa shape index (κ3) is 5.07. The highest BCUT2D eigenvalue weighted by molar-refractivity contribution is 5.85. The third-order valence-electron chi connectivity index (χ3n) is 4.55. The van der Waals surface area contributed by atoms with Gasteiger partial charge in [-0.1, -0.05) is 55.0 Å². The van der Waals surface area contributed by atoms with Crippen LogP contribution in [0.25, 0.3) is 11.1 Å². The Balaban J connectivity index is 0.00000192. The Bertz CT molecular complexity index is 581. The highest BCUT2D eigenvalue weighted by atomic mass is 35.5. The van der Waals surface area contributed by atoms with Gasteiger partial charge in [0.05, 0.1) is 6.10 Å². The fourth-order valence-corrected chi connectivity index (χ4v) is 3.21. The number of piperidine rings is 1. The highest BCUT2D eigenvalue weighted by Gasteiger charge is 2.13. The van der Waals surface area contributed by atoms with E-state index in [4.69, 9.17) is 0 Å². The average molecular weight is 332 g/mol. The number of aliphatic hydroxyl groups excluding tert-OH is 1. The summed E-state index contributed by atoms with van der Waals surface area (Å²) in [6.07, 6.45) is 4.42. The maximum atomic E-state index is 10.5. The van der Waals surface area contributed by atoms with Crippen molar-refractivity contribution < 1.29 is 5.11 Å². The first-order chi connectivity index (χ1) is 10.8. The number of benzene rings is 2. The zero-order valence-electron chi connectivity index (χ0n) is 13.5. The van der Waals surface area contributed by atoms with Crippen molar-refractivity contribution in [3.63, 3.8) is 0 Å². The number of halogens is 1. The molecule has 1 aliphatic rings. The number of hydrogen-bond acceptors (Lipinski definition) is 2. The molecule has 1 fully saturated rings. The van der Waals surface area contributed by atoms with Crippen LogP contribution in [0.3, 0.4) is 0 Å². The van der Waals surface area contributed by atoms with E-state index in [1.807, 2.05) is 18.2 Å². The van der Waals surface area contributed by atoms with E-state index in [0.717, 1.165) is 18.5 Å². The molecule has 1 aliphatic heterocycles. The van der Waals surface area contributed by atoms with Crippen LogP contribution < -0.4 is 0 Å². The lowest BCUT2D eigenvalue weighted by Crippen LogP contribution is -2.31. The van der Waals surface area contributed by atoms with E-state index in [2.05, 4.69) is 41.3 Å². The van der Waals surface area contributed by atoms with Gasteiger partial charge in [0.25, 0.3) is 0 Å². The molecule has 1 unspecified atom stereocenters. The Morgan fingerprint density at radius 2 is 1.57 bits per heavy atom. The number of hydrogen-bond donors (Lipinski definition) is 1. The molecule has 23 heavy (non-hydrogen) atoms. The van der Waals surface area contributed by atoms with Crippen molar-refractivity contribution >= 4 is 12.4 Å². The minimum atomic E-state index is -0.370. The van der Waals surface area contributed by atoms with Crippen LogP contribution in [0.4, 0.5) is 0 Å².